The van der Waals surface area contributed by atoms with E-state index in [9.17, 15) is 23.2 Å². The molecule has 1 atom stereocenters. The summed E-state index contributed by atoms with van der Waals surface area (Å²) in [6.07, 6.45) is 0.0259. The Morgan fingerprint density at radius 3 is 2.19 bits per heavy atom. The molecular formula is C33H27F2N3O5. The van der Waals surface area contributed by atoms with Gasteiger partial charge in [0.25, 0.3) is 5.91 Å². The molecule has 4 aromatic carbocycles. The summed E-state index contributed by atoms with van der Waals surface area (Å²) in [5.41, 5.74) is 3.26. The lowest BCUT2D eigenvalue weighted by molar-refractivity contribution is -0.136. The molecule has 4 N–H and O–H groups in total. The van der Waals surface area contributed by atoms with Crippen LogP contribution in [0.15, 0.2) is 101 Å². The first-order valence-corrected chi connectivity index (χ1v) is 13.4. The van der Waals surface area contributed by atoms with Gasteiger partial charge in [0.15, 0.2) is 0 Å². The Labute approximate surface area is 245 Å². The van der Waals surface area contributed by atoms with Crippen LogP contribution in [0.4, 0.5) is 20.2 Å². The lowest BCUT2D eigenvalue weighted by Crippen LogP contribution is -2.36. The highest BCUT2D eigenvalue weighted by atomic mass is 19.1. The van der Waals surface area contributed by atoms with Crippen molar-refractivity contribution < 1.29 is 32.7 Å². The zero-order chi connectivity index (χ0) is 30.3. The maximum Gasteiger partial charge on any atom is 0.305 e. The number of benzene rings is 4. The second-order valence-corrected chi connectivity index (χ2v) is 9.87. The Morgan fingerprint density at radius 2 is 1.51 bits per heavy atom. The Balaban J connectivity index is 1.33. The van der Waals surface area contributed by atoms with E-state index in [1.165, 1.54) is 12.1 Å². The number of hydrogen-bond acceptors (Lipinski definition) is 5. The minimum absolute atomic E-state index is 0.00772. The van der Waals surface area contributed by atoms with E-state index >= 15 is 0 Å². The number of furan rings is 1. The summed E-state index contributed by atoms with van der Waals surface area (Å²) in [7, 11) is 0. The minimum Gasteiger partial charge on any atom is -0.481 e. The van der Waals surface area contributed by atoms with Gasteiger partial charge < -0.3 is 25.5 Å². The quantitative estimate of drug-likeness (QED) is 0.146. The van der Waals surface area contributed by atoms with Gasteiger partial charge in [-0.3, -0.25) is 14.4 Å². The molecule has 218 valence electrons. The summed E-state index contributed by atoms with van der Waals surface area (Å²) in [5, 5.41) is 18.0. The number of halogens is 2. The number of fused-ring (bicyclic) bond motifs is 1. The van der Waals surface area contributed by atoms with E-state index in [1.807, 2.05) is 54.6 Å². The van der Waals surface area contributed by atoms with Crippen molar-refractivity contribution in [3.8, 4) is 11.3 Å². The fourth-order valence-electron chi connectivity index (χ4n) is 4.53. The van der Waals surface area contributed by atoms with Crippen LogP contribution in [0.3, 0.4) is 0 Å². The lowest BCUT2D eigenvalue weighted by atomic mass is 10.0. The number of hydrogen-bond donors (Lipinski definition) is 4. The van der Waals surface area contributed by atoms with Gasteiger partial charge in [0, 0.05) is 46.9 Å². The zero-order valence-electron chi connectivity index (χ0n) is 22.8. The molecule has 0 spiro atoms. The number of amides is 2. The SMILES string of the molecule is O=C(O)CCNC(=O)c1ccc(N[C@H](Cc2ccc(-c3cc4ccccc4o3)cc2)C(=O)Nc2cc(F)cc(F)c2)cc1. The van der Waals surface area contributed by atoms with E-state index in [1.54, 1.807) is 12.1 Å². The Bertz CT molecular complexity index is 1710. The van der Waals surface area contributed by atoms with Gasteiger partial charge in [-0.15, -0.1) is 0 Å². The maximum atomic E-state index is 13.8. The summed E-state index contributed by atoms with van der Waals surface area (Å²) in [5.74, 6) is -2.91. The molecule has 2 amide bonds. The molecule has 43 heavy (non-hydrogen) atoms. The number of aliphatic carboxylic acids is 1. The van der Waals surface area contributed by atoms with E-state index in [0.29, 0.717) is 23.1 Å². The van der Waals surface area contributed by atoms with Gasteiger partial charge in [0.05, 0.1) is 6.42 Å². The van der Waals surface area contributed by atoms with Crippen LogP contribution >= 0.6 is 0 Å². The molecule has 5 rings (SSSR count). The largest absolute Gasteiger partial charge is 0.481 e. The molecule has 0 aliphatic heterocycles. The molecule has 10 heteroatoms. The molecule has 1 heterocycles. The summed E-state index contributed by atoms with van der Waals surface area (Å²) in [6, 6.07) is 25.4. The van der Waals surface area contributed by atoms with Crippen LogP contribution in [0.25, 0.3) is 22.3 Å². The molecular weight excluding hydrogens is 556 g/mol. The second kappa shape index (κ2) is 13.0. The number of carboxylic acid groups (broad SMARTS) is 1. The minimum atomic E-state index is -1.02. The molecule has 0 saturated carbocycles. The van der Waals surface area contributed by atoms with Crippen molar-refractivity contribution in [2.75, 3.05) is 17.2 Å². The van der Waals surface area contributed by atoms with E-state index in [0.717, 1.165) is 34.2 Å². The predicted molar refractivity (Wildman–Crippen MR) is 159 cm³/mol. The number of carbonyl (C=O) groups is 3. The van der Waals surface area contributed by atoms with Crippen LogP contribution < -0.4 is 16.0 Å². The number of nitrogens with one attached hydrogen (secondary N) is 3. The first-order chi connectivity index (χ1) is 20.7. The number of rotatable bonds is 11. The van der Waals surface area contributed by atoms with Crippen LogP contribution in [-0.2, 0) is 16.0 Å². The molecule has 0 radical (unpaired) electrons. The second-order valence-electron chi connectivity index (χ2n) is 9.87. The fraction of sp³-hybridized carbons (Fsp3) is 0.121. The van der Waals surface area contributed by atoms with Crippen molar-refractivity contribution >= 4 is 40.1 Å². The maximum absolute atomic E-state index is 13.8. The van der Waals surface area contributed by atoms with E-state index in [-0.39, 0.29) is 25.1 Å². The molecule has 0 fully saturated rings. The van der Waals surface area contributed by atoms with Crippen molar-refractivity contribution in [1.29, 1.82) is 0 Å². The average Bonchev–Trinajstić information content (AvgIpc) is 3.41. The Hall–Kier alpha value is -5.51. The van der Waals surface area contributed by atoms with Crippen LogP contribution in [0.5, 0.6) is 0 Å². The van der Waals surface area contributed by atoms with E-state index in [2.05, 4.69) is 16.0 Å². The average molecular weight is 584 g/mol. The molecule has 5 aromatic rings. The predicted octanol–water partition coefficient (Wildman–Crippen LogP) is 6.24. The van der Waals surface area contributed by atoms with Crippen LogP contribution in [0.2, 0.25) is 0 Å². The van der Waals surface area contributed by atoms with E-state index in [4.69, 9.17) is 9.52 Å². The van der Waals surface area contributed by atoms with Gasteiger partial charge in [-0.25, -0.2) is 8.78 Å². The highest BCUT2D eigenvalue weighted by molar-refractivity contribution is 5.97. The number of carboxylic acids is 1. The summed E-state index contributed by atoms with van der Waals surface area (Å²) in [6.45, 7) is -0.00772. The molecule has 1 aromatic heterocycles. The highest BCUT2D eigenvalue weighted by Crippen LogP contribution is 2.28. The van der Waals surface area contributed by atoms with Gasteiger partial charge in [0.1, 0.15) is 29.0 Å². The molecule has 0 aliphatic rings. The first kappa shape index (κ1) is 29.0. The normalized spacial score (nSPS) is 11.6. The van der Waals surface area contributed by atoms with Gasteiger partial charge in [0.2, 0.25) is 5.91 Å². The van der Waals surface area contributed by atoms with Crippen molar-refractivity contribution in [3.63, 3.8) is 0 Å². The zero-order valence-corrected chi connectivity index (χ0v) is 22.8. The topological polar surface area (TPSA) is 121 Å². The Morgan fingerprint density at radius 1 is 0.814 bits per heavy atom. The van der Waals surface area contributed by atoms with Gasteiger partial charge in [-0.1, -0.05) is 42.5 Å². The molecule has 0 aliphatic carbocycles. The van der Waals surface area contributed by atoms with E-state index < -0.39 is 35.5 Å². The smallest absolute Gasteiger partial charge is 0.305 e. The monoisotopic (exact) mass is 583 g/mol. The third-order valence-corrected chi connectivity index (χ3v) is 6.66. The molecule has 0 saturated heterocycles. The third kappa shape index (κ3) is 7.62. The van der Waals surface area contributed by atoms with Gasteiger partial charge in [-0.2, -0.15) is 0 Å². The van der Waals surface area contributed by atoms with Crippen LogP contribution in [0.1, 0.15) is 22.3 Å². The molecule has 8 nitrogen and oxygen atoms in total. The summed E-state index contributed by atoms with van der Waals surface area (Å²) >= 11 is 0. The van der Waals surface area contributed by atoms with Crippen LogP contribution in [0, 0.1) is 11.6 Å². The first-order valence-electron chi connectivity index (χ1n) is 13.4. The van der Waals surface area contributed by atoms with Crippen LogP contribution in [-0.4, -0.2) is 35.5 Å². The van der Waals surface area contributed by atoms with Crippen molar-refractivity contribution in [1.82, 2.24) is 5.32 Å². The summed E-state index contributed by atoms with van der Waals surface area (Å²) in [4.78, 5) is 36.3. The lowest BCUT2D eigenvalue weighted by Gasteiger charge is -2.20. The standard InChI is InChI=1S/C33H27F2N3O5/c34-24-17-25(35)19-27(18-24)38-33(42)28(37-26-11-9-22(10-12-26)32(41)36-14-13-31(39)40)15-20-5-7-21(8-6-20)30-16-23-3-1-2-4-29(23)43-30/h1-12,16-19,28,37H,13-15H2,(H,36,41)(H,38,42)(H,39,40)/t28-/m1/s1. The van der Waals surface area contributed by atoms with Gasteiger partial charge >= 0.3 is 5.97 Å². The third-order valence-electron chi connectivity index (χ3n) is 6.66. The molecule has 0 unspecified atom stereocenters. The molecule has 0 bridgehead atoms. The van der Waals surface area contributed by atoms with Crippen molar-refractivity contribution in [2.24, 2.45) is 0 Å². The number of carbonyl (C=O) groups excluding carboxylic acids is 2. The van der Waals surface area contributed by atoms with Crippen molar-refractivity contribution in [3.05, 3.63) is 120 Å². The van der Waals surface area contributed by atoms with Crippen molar-refractivity contribution in [2.45, 2.75) is 18.9 Å². The van der Waals surface area contributed by atoms with Gasteiger partial charge in [-0.05, 0) is 54.1 Å². The fourth-order valence-corrected chi connectivity index (χ4v) is 4.53. The summed E-state index contributed by atoms with van der Waals surface area (Å²) < 4.78 is 33.5. The number of anilines is 2. The Kier molecular flexibility index (Phi) is 8.76. The highest BCUT2D eigenvalue weighted by Gasteiger charge is 2.21. The number of para-hydroxylation sites is 1.